The van der Waals surface area contributed by atoms with Crippen LogP contribution in [0.1, 0.15) is 83.2 Å². The molecule has 80 heavy (non-hydrogen) atoms. The van der Waals surface area contributed by atoms with Gasteiger partial charge in [-0.05, 0) is 69.2 Å². The summed E-state index contributed by atoms with van der Waals surface area (Å²) in [4.78, 5) is 0. The van der Waals surface area contributed by atoms with Crippen LogP contribution in [0.2, 0.25) is 0 Å². The van der Waals surface area contributed by atoms with E-state index in [-0.39, 0.29) is 86.0 Å². The first-order valence-electron chi connectivity index (χ1n) is 29.3. The molecule has 0 aliphatic carbocycles. The Kier molecular flexibility index (Phi) is 22.3. The van der Waals surface area contributed by atoms with Crippen LogP contribution in [0.25, 0.3) is 0 Å². The molecule has 1 N–H and O–H groups in total. The van der Waals surface area contributed by atoms with Gasteiger partial charge in [0.15, 0.2) is 25.2 Å². The van der Waals surface area contributed by atoms with Crippen LogP contribution in [-0.2, 0) is 89.9 Å². The van der Waals surface area contributed by atoms with Crippen LogP contribution >= 0.6 is 0 Å². The molecule has 5 aromatic carbocycles. The fourth-order valence-electron chi connectivity index (χ4n) is 11.7. The van der Waals surface area contributed by atoms with Crippen molar-refractivity contribution in [1.29, 1.82) is 0 Å². The molecular formula is C67H88O13. The molecule has 434 valence electrons. The van der Waals surface area contributed by atoms with Gasteiger partial charge in [0.1, 0.15) is 24.4 Å². The van der Waals surface area contributed by atoms with Crippen molar-refractivity contribution < 1.29 is 61.9 Å². The molecule has 4 saturated heterocycles. The second-order valence-electron chi connectivity index (χ2n) is 23.1. The molecule has 4 aliphatic rings. The lowest BCUT2D eigenvalue weighted by Gasteiger charge is -2.50. The Hall–Kier alpha value is -4.42. The van der Waals surface area contributed by atoms with Crippen LogP contribution in [-0.4, -0.2) is 106 Å². The summed E-state index contributed by atoms with van der Waals surface area (Å²) in [5.74, 6) is 0.0166. The van der Waals surface area contributed by atoms with Gasteiger partial charge >= 0.3 is 0 Å². The second kappa shape index (κ2) is 29.7. The van der Waals surface area contributed by atoms with Gasteiger partial charge in [-0.15, -0.1) is 0 Å². The van der Waals surface area contributed by atoms with Crippen LogP contribution in [0, 0.1) is 47.3 Å². The molecule has 4 aliphatic heterocycles. The summed E-state index contributed by atoms with van der Waals surface area (Å²) >= 11 is 0. The van der Waals surface area contributed by atoms with E-state index >= 15 is 0 Å². The first-order chi connectivity index (χ1) is 38.9. The van der Waals surface area contributed by atoms with E-state index in [4.69, 9.17) is 56.8 Å². The van der Waals surface area contributed by atoms with Crippen molar-refractivity contribution in [2.24, 2.45) is 47.3 Å². The smallest absolute Gasteiger partial charge is 0.184 e. The van der Waals surface area contributed by atoms with Crippen molar-refractivity contribution in [3.8, 4) is 0 Å². The Morgan fingerprint density at radius 3 is 1.04 bits per heavy atom. The summed E-state index contributed by atoms with van der Waals surface area (Å²) < 4.78 is 82.0. The number of aliphatic hydroxyl groups excluding tert-OH is 1. The molecule has 9 rings (SSSR count). The van der Waals surface area contributed by atoms with Gasteiger partial charge in [0.05, 0.1) is 83.9 Å². The topological polar surface area (TPSA) is 131 Å². The average molecular weight is 1100 g/mol. The number of hydrogen-bond donors (Lipinski definition) is 1. The highest BCUT2D eigenvalue weighted by atomic mass is 16.8. The minimum Gasteiger partial charge on any atom is -0.394 e. The fourth-order valence-corrected chi connectivity index (χ4v) is 11.7. The van der Waals surface area contributed by atoms with Gasteiger partial charge in [-0.25, -0.2) is 0 Å². The van der Waals surface area contributed by atoms with Crippen LogP contribution in [0.5, 0.6) is 0 Å². The normalized spacial score (nSPS) is 34.7. The molecule has 0 spiro atoms. The molecule has 0 amide bonds. The highest BCUT2D eigenvalue weighted by Gasteiger charge is 2.51. The van der Waals surface area contributed by atoms with Gasteiger partial charge in [-0.3, -0.25) is 0 Å². The van der Waals surface area contributed by atoms with E-state index in [0.717, 1.165) is 27.8 Å². The summed E-state index contributed by atoms with van der Waals surface area (Å²) in [7, 11) is 0. The quantitative estimate of drug-likeness (QED) is 0.0595. The number of rotatable bonds is 25. The van der Waals surface area contributed by atoms with Crippen LogP contribution in [0.15, 0.2) is 152 Å². The predicted octanol–water partition coefficient (Wildman–Crippen LogP) is 11.6. The van der Waals surface area contributed by atoms with E-state index in [1.807, 2.05) is 91.0 Å². The van der Waals surface area contributed by atoms with Crippen molar-refractivity contribution in [2.75, 3.05) is 26.4 Å². The molecule has 4 heterocycles. The maximum Gasteiger partial charge on any atom is 0.184 e. The van der Waals surface area contributed by atoms with Gasteiger partial charge in [0.2, 0.25) is 0 Å². The zero-order valence-corrected chi connectivity index (χ0v) is 48.2. The summed E-state index contributed by atoms with van der Waals surface area (Å²) in [6.07, 6.45) is -6.15. The fraction of sp³-hybridized carbons (Fsp3) is 0.552. The third-order valence-corrected chi connectivity index (χ3v) is 17.8. The van der Waals surface area contributed by atoms with Gasteiger partial charge in [0, 0.05) is 5.92 Å². The molecule has 13 heteroatoms. The Bertz CT molecular complexity index is 2510. The third kappa shape index (κ3) is 15.6. The molecule has 8 unspecified atom stereocenters. The van der Waals surface area contributed by atoms with Crippen molar-refractivity contribution in [2.45, 2.75) is 162 Å². The zero-order chi connectivity index (χ0) is 56.0. The van der Waals surface area contributed by atoms with E-state index in [2.05, 4.69) is 116 Å². The molecule has 0 bridgehead atoms. The molecule has 0 saturated carbocycles. The summed E-state index contributed by atoms with van der Waals surface area (Å²) in [6.45, 7) is 20.0. The SMILES string of the molecule is CC1[C@H](OCc2ccccc2)OC(COCc2ccccc2)[C@@H](O[C@@H]2OC(CO[C@H]3OC(CO[C@H]4OC(CO)[C@@H](C)[C@H](C)C4OCc4ccccc4)[C@@H](C)[C@H](C)C3OCc3ccccc3)[C@@H](C)[C@H](C)C2OCc2ccccc2)[C@@H]1C. The van der Waals surface area contributed by atoms with E-state index in [9.17, 15) is 5.11 Å². The van der Waals surface area contributed by atoms with Crippen LogP contribution < -0.4 is 0 Å². The number of ether oxygens (including phenoxy) is 12. The molecule has 4 fully saturated rings. The second-order valence-corrected chi connectivity index (χ2v) is 23.1. The van der Waals surface area contributed by atoms with E-state index in [0.29, 0.717) is 33.0 Å². The summed E-state index contributed by atoms with van der Waals surface area (Å²) in [5, 5.41) is 10.4. The molecule has 0 aromatic heterocycles. The third-order valence-electron chi connectivity index (χ3n) is 17.8. The molecular weight excluding hydrogens is 1010 g/mol. The Morgan fingerprint density at radius 1 is 0.300 bits per heavy atom. The molecule has 5 aromatic rings. The zero-order valence-electron chi connectivity index (χ0n) is 48.2. The van der Waals surface area contributed by atoms with E-state index in [1.54, 1.807) is 0 Å². The largest absolute Gasteiger partial charge is 0.394 e. The lowest BCUT2D eigenvalue weighted by Crippen LogP contribution is -2.59. The van der Waals surface area contributed by atoms with Crippen molar-refractivity contribution in [3.05, 3.63) is 179 Å². The Labute approximate surface area is 475 Å². The van der Waals surface area contributed by atoms with Gasteiger partial charge in [-0.1, -0.05) is 207 Å². The monoisotopic (exact) mass is 1100 g/mol. The Balaban J connectivity index is 0.938. The Morgan fingerprint density at radius 2 is 0.625 bits per heavy atom. The predicted molar refractivity (Wildman–Crippen MR) is 304 cm³/mol. The molecule has 0 radical (unpaired) electrons. The number of hydrogen-bond acceptors (Lipinski definition) is 13. The number of benzene rings is 5. The van der Waals surface area contributed by atoms with Gasteiger partial charge in [0.25, 0.3) is 0 Å². The summed E-state index contributed by atoms with van der Waals surface area (Å²) in [5.41, 5.74) is 5.33. The maximum absolute atomic E-state index is 10.4. The maximum atomic E-state index is 10.4. The first kappa shape index (κ1) is 60.2. The average Bonchev–Trinajstić information content (AvgIpc) is 3.51. The van der Waals surface area contributed by atoms with Crippen molar-refractivity contribution >= 4 is 0 Å². The minimum absolute atomic E-state index is 0.000564. The standard InChI is InChI=1S/C67H88O13/c1-43-46(4)61(70-36-52-26-16-10-17-27-52)65(76-56(43)34-68)74-41-57-44(2)47(5)62(71-37-53-28-18-11-19-29-53)66(77-57)75-42-58-45(3)48(6)63(72-38-54-30-20-12-21-31-54)67(78-58)80-60-49(7)50(8)64(73-39-55-32-22-13-23-33-55)79-59(60)40-69-35-51-24-14-9-15-25-51/h9-33,43-50,56-68H,34-42H2,1-8H3/t43-,44-,45-,46-,47-,48-,49+,50?,56?,57?,58?,59?,60-,61?,62?,63?,64+,65-,66-,67-/m0/s1. The van der Waals surface area contributed by atoms with E-state index < -0.39 is 61.8 Å². The van der Waals surface area contributed by atoms with Gasteiger partial charge in [-0.2, -0.15) is 0 Å². The van der Waals surface area contributed by atoms with E-state index in [1.165, 1.54) is 0 Å². The molecule has 13 nitrogen and oxygen atoms in total. The summed E-state index contributed by atoms with van der Waals surface area (Å²) in [6, 6.07) is 50.9. The van der Waals surface area contributed by atoms with Crippen LogP contribution in [0.3, 0.4) is 0 Å². The molecule has 20 atom stereocenters. The van der Waals surface area contributed by atoms with Crippen molar-refractivity contribution in [1.82, 2.24) is 0 Å². The highest BCUT2D eigenvalue weighted by Crippen LogP contribution is 2.42. The minimum atomic E-state index is -0.793. The first-order valence-corrected chi connectivity index (χ1v) is 29.3. The number of aliphatic hydroxyl groups is 1. The highest BCUT2D eigenvalue weighted by molar-refractivity contribution is 5.17. The van der Waals surface area contributed by atoms with Crippen molar-refractivity contribution in [3.63, 3.8) is 0 Å². The van der Waals surface area contributed by atoms with Crippen LogP contribution in [0.4, 0.5) is 0 Å². The lowest BCUT2D eigenvalue weighted by atomic mass is 9.82. The lowest BCUT2D eigenvalue weighted by molar-refractivity contribution is -0.352. The van der Waals surface area contributed by atoms with Gasteiger partial charge < -0.3 is 61.9 Å².